The molecule has 3 aromatic rings. The highest BCUT2D eigenvalue weighted by Crippen LogP contribution is 2.32. The zero-order valence-corrected chi connectivity index (χ0v) is 14.5. The van der Waals surface area contributed by atoms with Gasteiger partial charge < -0.3 is 9.30 Å². The van der Waals surface area contributed by atoms with Crippen LogP contribution in [0.4, 0.5) is 0 Å². The molecular formula is C16H12ClN5OS. The number of benzene rings is 1. The van der Waals surface area contributed by atoms with Gasteiger partial charge in [0.25, 0.3) is 0 Å². The minimum absolute atomic E-state index is 0.189. The lowest BCUT2D eigenvalue weighted by molar-refractivity contribution is 0.416. The van der Waals surface area contributed by atoms with Gasteiger partial charge in [-0.25, -0.2) is 4.98 Å². The van der Waals surface area contributed by atoms with E-state index in [4.69, 9.17) is 21.6 Å². The first-order chi connectivity index (χ1) is 11.6. The largest absolute Gasteiger partial charge is 0.496 e. The van der Waals surface area contributed by atoms with Crippen molar-refractivity contribution in [2.45, 2.75) is 10.2 Å². The van der Waals surface area contributed by atoms with Gasteiger partial charge >= 0.3 is 0 Å². The molecule has 0 bridgehead atoms. The van der Waals surface area contributed by atoms with Crippen molar-refractivity contribution in [1.29, 1.82) is 5.26 Å². The van der Waals surface area contributed by atoms with Crippen molar-refractivity contribution in [1.82, 2.24) is 19.7 Å². The summed E-state index contributed by atoms with van der Waals surface area (Å²) in [7, 11) is 3.48. The number of hydrogen-bond donors (Lipinski definition) is 0. The van der Waals surface area contributed by atoms with E-state index in [1.165, 1.54) is 11.8 Å². The van der Waals surface area contributed by atoms with E-state index in [2.05, 4.69) is 15.2 Å². The van der Waals surface area contributed by atoms with Gasteiger partial charge in [-0.05, 0) is 36.0 Å². The molecule has 0 atom stereocenters. The van der Waals surface area contributed by atoms with E-state index < -0.39 is 0 Å². The van der Waals surface area contributed by atoms with Crippen LogP contribution in [0.3, 0.4) is 0 Å². The SMILES string of the molecule is COc1ccccc1-c1nnc(Sc2ccc(Cl)c(C#N)n2)n1C. The molecule has 0 fully saturated rings. The topological polar surface area (TPSA) is 76.6 Å². The van der Waals surface area contributed by atoms with E-state index in [1.54, 1.807) is 19.2 Å². The summed E-state index contributed by atoms with van der Waals surface area (Å²) in [6.45, 7) is 0. The molecule has 0 aliphatic carbocycles. The Bertz CT molecular complexity index is 934. The number of halogens is 1. The molecule has 2 heterocycles. The normalized spacial score (nSPS) is 10.4. The lowest BCUT2D eigenvalue weighted by atomic mass is 10.2. The van der Waals surface area contributed by atoms with Gasteiger partial charge in [0.05, 0.1) is 17.7 Å². The smallest absolute Gasteiger partial charge is 0.197 e. The van der Waals surface area contributed by atoms with Crippen LogP contribution in [-0.4, -0.2) is 26.9 Å². The molecule has 1 aromatic carbocycles. The second kappa shape index (κ2) is 6.91. The molecule has 0 saturated heterocycles. The van der Waals surface area contributed by atoms with Crippen molar-refractivity contribution < 1.29 is 4.74 Å². The third-order valence-electron chi connectivity index (χ3n) is 3.30. The fourth-order valence-electron chi connectivity index (χ4n) is 2.12. The van der Waals surface area contributed by atoms with E-state index in [0.29, 0.717) is 21.0 Å². The molecule has 0 saturated carbocycles. The first kappa shape index (κ1) is 16.3. The van der Waals surface area contributed by atoms with Crippen molar-refractivity contribution in [3.05, 3.63) is 47.1 Å². The third kappa shape index (κ3) is 3.07. The van der Waals surface area contributed by atoms with Gasteiger partial charge in [0.1, 0.15) is 16.8 Å². The summed E-state index contributed by atoms with van der Waals surface area (Å²) in [6, 6.07) is 13.0. The Hall–Kier alpha value is -2.56. The summed E-state index contributed by atoms with van der Waals surface area (Å²) >= 11 is 7.22. The summed E-state index contributed by atoms with van der Waals surface area (Å²) < 4.78 is 7.23. The Balaban J connectivity index is 1.95. The summed E-state index contributed by atoms with van der Waals surface area (Å²) in [6.07, 6.45) is 0. The molecule has 24 heavy (non-hydrogen) atoms. The second-order valence-corrected chi connectivity index (χ2v) is 6.15. The predicted molar refractivity (Wildman–Crippen MR) is 91.1 cm³/mol. The molecule has 2 aromatic heterocycles. The molecule has 6 nitrogen and oxygen atoms in total. The van der Waals surface area contributed by atoms with Gasteiger partial charge in [-0.15, -0.1) is 10.2 Å². The van der Waals surface area contributed by atoms with Crippen molar-refractivity contribution >= 4 is 23.4 Å². The number of pyridine rings is 1. The molecule has 3 rings (SSSR count). The van der Waals surface area contributed by atoms with Crippen LogP contribution in [-0.2, 0) is 7.05 Å². The number of rotatable bonds is 4. The average Bonchev–Trinajstić information content (AvgIpc) is 2.97. The highest BCUT2D eigenvalue weighted by atomic mass is 35.5. The summed E-state index contributed by atoms with van der Waals surface area (Å²) in [5, 5.41) is 19.1. The van der Waals surface area contributed by atoms with Crippen LogP contribution in [0.5, 0.6) is 5.75 Å². The van der Waals surface area contributed by atoms with Gasteiger partial charge in [0.15, 0.2) is 16.7 Å². The Labute approximate surface area is 148 Å². The van der Waals surface area contributed by atoms with Crippen LogP contribution in [0.25, 0.3) is 11.4 Å². The molecule has 0 spiro atoms. The molecule has 0 aliphatic heterocycles. The maximum Gasteiger partial charge on any atom is 0.197 e. The minimum atomic E-state index is 0.189. The molecular weight excluding hydrogens is 346 g/mol. The first-order valence-corrected chi connectivity index (χ1v) is 8.10. The Morgan fingerprint density at radius 2 is 2.00 bits per heavy atom. The van der Waals surface area contributed by atoms with E-state index in [0.717, 1.165) is 11.3 Å². The van der Waals surface area contributed by atoms with E-state index in [-0.39, 0.29) is 5.69 Å². The van der Waals surface area contributed by atoms with Crippen LogP contribution in [0, 0.1) is 11.3 Å². The van der Waals surface area contributed by atoms with Gasteiger partial charge in [-0.2, -0.15) is 5.26 Å². The maximum atomic E-state index is 9.02. The molecule has 0 N–H and O–H groups in total. The molecule has 8 heteroatoms. The van der Waals surface area contributed by atoms with Crippen LogP contribution in [0.15, 0.2) is 46.6 Å². The molecule has 0 radical (unpaired) electrons. The number of methoxy groups -OCH3 is 1. The third-order valence-corrected chi connectivity index (χ3v) is 4.58. The summed E-state index contributed by atoms with van der Waals surface area (Å²) in [5.74, 6) is 1.41. The Morgan fingerprint density at radius 3 is 2.75 bits per heavy atom. The first-order valence-electron chi connectivity index (χ1n) is 6.91. The van der Waals surface area contributed by atoms with E-state index >= 15 is 0 Å². The zero-order chi connectivity index (χ0) is 17.1. The second-order valence-electron chi connectivity index (χ2n) is 4.76. The number of aromatic nitrogens is 4. The Morgan fingerprint density at radius 1 is 1.21 bits per heavy atom. The minimum Gasteiger partial charge on any atom is -0.496 e. The van der Waals surface area contributed by atoms with Crippen LogP contribution in [0.1, 0.15) is 5.69 Å². The molecule has 0 aliphatic rings. The van der Waals surface area contributed by atoms with Crippen molar-refractivity contribution in [3.63, 3.8) is 0 Å². The van der Waals surface area contributed by atoms with Crippen LogP contribution < -0.4 is 4.74 Å². The molecule has 0 unspecified atom stereocenters. The quantitative estimate of drug-likeness (QED) is 0.710. The summed E-state index contributed by atoms with van der Waals surface area (Å²) in [4.78, 5) is 4.21. The number of ether oxygens (including phenoxy) is 1. The number of nitrogens with zero attached hydrogens (tertiary/aromatic N) is 5. The average molecular weight is 358 g/mol. The van der Waals surface area contributed by atoms with E-state index in [9.17, 15) is 0 Å². The predicted octanol–water partition coefficient (Wildman–Crippen LogP) is 3.56. The van der Waals surface area contributed by atoms with Gasteiger partial charge in [0.2, 0.25) is 0 Å². The van der Waals surface area contributed by atoms with Crippen LogP contribution >= 0.6 is 23.4 Å². The molecule has 0 amide bonds. The van der Waals surface area contributed by atoms with Crippen molar-refractivity contribution in [3.8, 4) is 23.2 Å². The van der Waals surface area contributed by atoms with Crippen molar-refractivity contribution in [2.24, 2.45) is 7.05 Å². The number of para-hydroxylation sites is 1. The zero-order valence-electron chi connectivity index (χ0n) is 12.9. The standard InChI is InChI=1S/C16H12ClN5OS/c1-22-15(10-5-3-4-6-13(10)23-2)20-21-16(22)24-14-8-7-11(17)12(9-18)19-14/h3-8H,1-2H3. The highest BCUT2D eigenvalue weighted by Gasteiger charge is 2.16. The number of nitriles is 1. The monoisotopic (exact) mass is 357 g/mol. The van der Waals surface area contributed by atoms with Gasteiger partial charge in [0, 0.05) is 7.05 Å². The van der Waals surface area contributed by atoms with Crippen molar-refractivity contribution in [2.75, 3.05) is 7.11 Å². The summed E-state index contributed by atoms with van der Waals surface area (Å²) in [5.41, 5.74) is 1.04. The fraction of sp³-hybridized carbons (Fsp3) is 0.125. The van der Waals surface area contributed by atoms with Crippen LogP contribution in [0.2, 0.25) is 5.02 Å². The van der Waals surface area contributed by atoms with Gasteiger partial charge in [-0.3, -0.25) is 0 Å². The molecule has 120 valence electrons. The lowest BCUT2D eigenvalue weighted by Gasteiger charge is -2.08. The fourth-order valence-corrected chi connectivity index (χ4v) is 3.03. The van der Waals surface area contributed by atoms with E-state index in [1.807, 2.05) is 41.9 Å². The lowest BCUT2D eigenvalue weighted by Crippen LogP contribution is -1.97. The Kier molecular flexibility index (Phi) is 4.69. The highest BCUT2D eigenvalue weighted by molar-refractivity contribution is 7.99. The number of hydrogen-bond acceptors (Lipinski definition) is 6. The maximum absolute atomic E-state index is 9.02. The van der Waals surface area contributed by atoms with Gasteiger partial charge in [-0.1, -0.05) is 23.7 Å².